The number of nitrogens with one attached hydrogen (secondary N) is 1. The molecule has 1 heterocycles. The molecule has 0 saturated carbocycles. The van der Waals surface area contributed by atoms with Gasteiger partial charge in [-0.15, -0.1) is 11.3 Å². The zero-order chi connectivity index (χ0) is 19.9. The molecule has 0 unspecified atom stereocenters. The van der Waals surface area contributed by atoms with Gasteiger partial charge in [-0.3, -0.25) is 5.43 Å². The molecule has 28 heavy (non-hydrogen) atoms. The SMILES string of the molecule is CCOc1cc(C=NNc2nc(N)cs2)ccc1OC(=O)c1cccc(C)c1. The number of ether oxygens (including phenoxy) is 2. The minimum Gasteiger partial charge on any atom is -0.490 e. The molecule has 0 atom stereocenters. The van der Waals surface area contributed by atoms with E-state index in [0.717, 1.165) is 11.1 Å². The predicted octanol–water partition coefficient (Wildman–Crippen LogP) is 4.10. The van der Waals surface area contributed by atoms with Crippen molar-refractivity contribution in [1.82, 2.24) is 4.98 Å². The third-order valence-corrected chi connectivity index (χ3v) is 4.38. The lowest BCUT2D eigenvalue weighted by Gasteiger charge is -2.11. The number of esters is 1. The summed E-state index contributed by atoms with van der Waals surface area (Å²) in [6.07, 6.45) is 1.62. The molecule has 0 fully saturated rings. The molecule has 3 N–H and O–H groups in total. The van der Waals surface area contributed by atoms with E-state index in [1.165, 1.54) is 11.3 Å². The minimum absolute atomic E-state index is 0.353. The Morgan fingerprint density at radius 3 is 2.86 bits per heavy atom. The Morgan fingerprint density at radius 1 is 1.29 bits per heavy atom. The van der Waals surface area contributed by atoms with Gasteiger partial charge < -0.3 is 15.2 Å². The number of carbonyl (C=O) groups is 1. The summed E-state index contributed by atoms with van der Waals surface area (Å²) >= 11 is 1.36. The summed E-state index contributed by atoms with van der Waals surface area (Å²) in [6, 6.07) is 12.4. The molecule has 7 nitrogen and oxygen atoms in total. The van der Waals surface area contributed by atoms with Crippen LogP contribution < -0.4 is 20.6 Å². The summed E-state index contributed by atoms with van der Waals surface area (Å²) in [5, 5.41) is 6.45. The number of hydrazone groups is 1. The van der Waals surface area contributed by atoms with E-state index in [4.69, 9.17) is 15.2 Å². The summed E-state index contributed by atoms with van der Waals surface area (Å²) < 4.78 is 11.1. The first-order valence-corrected chi connectivity index (χ1v) is 9.49. The Labute approximate surface area is 166 Å². The number of anilines is 2. The molecule has 0 radical (unpaired) electrons. The topological polar surface area (TPSA) is 98.8 Å². The highest BCUT2D eigenvalue weighted by Crippen LogP contribution is 2.29. The van der Waals surface area contributed by atoms with Gasteiger partial charge >= 0.3 is 5.97 Å². The van der Waals surface area contributed by atoms with Crippen molar-refractivity contribution in [1.29, 1.82) is 0 Å². The molecule has 0 spiro atoms. The van der Waals surface area contributed by atoms with Crippen molar-refractivity contribution in [2.24, 2.45) is 5.10 Å². The number of nitrogens with zero attached hydrogens (tertiary/aromatic N) is 2. The van der Waals surface area contributed by atoms with Crippen LogP contribution in [-0.2, 0) is 0 Å². The summed E-state index contributed by atoms with van der Waals surface area (Å²) in [5.74, 6) is 0.826. The van der Waals surface area contributed by atoms with Gasteiger partial charge in [-0.1, -0.05) is 17.7 Å². The number of rotatable bonds is 7. The minimum atomic E-state index is -0.436. The van der Waals surface area contributed by atoms with Gasteiger partial charge in [0, 0.05) is 5.38 Å². The highest BCUT2D eigenvalue weighted by Gasteiger charge is 2.13. The van der Waals surface area contributed by atoms with Gasteiger partial charge in [-0.05, 0) is 49.7 Å². The average molecular weight is 396 g/mol. The van der Waals surface area contributed by atoms with Gasteiger partial charge in [-0.25, -0.2) is 9.78 Å². The van der Waals surface area contributed by atoms with Crippen LogP contribution in [0.15, 0.2) is 52.9 Å². The predicted molar refractivity (Wildman–Crippen MR) is 111 cm³/mol. The van der Waals surface area contributed by atoms with Crippen molar-refractivity contribution in [2.75, 3.05) is 17.8 Å². The average Bonchev–Trinajstić information content (AvgIpc) is 3.09. The van der Waals surface area contributed by atoms with Crippen LogP contribution in [0.1, 0.15) is 28.4 Å². The van der Waals surface area contributed by atoms with Gasteiger partial charge in [0.1, 0.15) is 5.82 Å². The second kappa shape index (κ2) is 9.01. The number of nitrogens with two attached hydrogens (primary N) is 1. The van der Waals surface area contributed by atoms with Gasteiger partial charge in [0.05, 0.1) is 18.4 Å². The monoisotopic (exact) mass is 396 g/mol. The molecule has 0 aliphatic heterocycles. The number of benzene rings is 2. The lowest BCUT2D eigenvalue weighted by molar-refractivity contribution is 0.0728. The first-order valence-electron chi connectivity index (χ1n) is 8.61. The summed E-state index contributed by atoms with van der Waals surface area (Å²) in [4.78, 5) is 16.5. The molecule has 0 aliphatic rings. The number of aryl methyl sites for hydroxylation is 1. The third-order valence-electron chi connectivity index (χ3n) is 3.62. The Hall–Kier alpha value is -3.39. The number of thiazole rings is 1. The molecule has 3 aromatic rings. The van der Waals surface area contributed by atoms with Crippen LogP contribution in [0, 0.1) is 6.92 Å². The van der Waals surface area contributed by atoms with E-state index in [9.17, 15) is 4.79 Å². The van der Waals surface area contributed by atoms with E-state index >= 15 is 0 Å². The first kappa shape index (κ1) is 19.4. The highest BCUT2D eigenvalue weighted by molar-refractivity contribution is 7.14. The first-order chi connectivity index (χ1) is 13.5. The van der Waals surface area contributed by atoms with Crippen molar-refractivity contribution in [3.05, 3.63) is 64.5 Å². The van der Waals surface area contributed by atoms with E-state index in [-0.39, 0.29) is 0 Å². The third kappa shape index (κ3) is 5.08. The fourth-order valence-electron chi connectivity index (χ4n) is 2.39. The van der Waals surface area contributed by atoms with Crippen molar-refractivity contribution in [2.45, 2.75) is 13.8 Å². The smallest absolute Gasteiger partial charge is 0.343 e. The fourth-order valence-corrected chi connectivity index (χ4v) is 2.94. The molecule has 3 rings (SSSR count). The maximum Gasteiger partial charge on any atom is 0.343 e. The van der Waals surface area contributed by atoms with Gasteiger partial charge in [-0.2, -0.15) is 5.10 Å². The number of hydrogen-bond donors (Lipinski definition) is 2. The van der Waals surface area contributed by atoms with Gasteiger partial charge in [0.25, 0.3) is 0 Å². The Balaban J connectivity index is 1.74. The molecule has 0 amide bonds. The Morgan fingerprint density at radius 2 is 2.14 bits per heavy atom. The van der Waals surface area contributed by atoms with E-state index < -0.39 is 5.97 Å². The molecule has 0 bridgehead atoms. The van der Waals surface area contributed by atoms with Crippen LogP contribution in [0.25, 0.3) is 0 Å². The molecule has 0 aliphatic carbocycles. The Kier molecular flexibility index (Phi) is 6.23. The number of hydrogen-bond acceptors (Lipinski definition) is 8. The molecule has 144 valence electrons. The van der Waals surface area contributed by atoms with Crippen molar-refractivity contribution >= 4 is 34.5 Å². The van der Waals surface area contributed by atoms with E-state index in [1.807, 2.05) is 26.0 Å². The number of aromatic nitrogens is 1. The van der Waals surface area contributed by atoms with E-state index in [2.05, 4.69) is 15.5 Å². The molecule has 2 aromatic carbocycles. The van der Waals surface area contributed by atoms with Gasteiger partial charge in [0.15, 0.2) is 11.5 Å². The van der Waals surface area contributed by atoms with E-state index in [0.29, 0.717) is 34.6 Å². The van der Waals surface area contributed by atoms with Crippen LogP contribution >= 0.6 is 11.3 Å². The quantitative estimate of drug-likeness (QED) is 0.270. The lowest BCUT2D eigenvalue weighted by atomic mass is 10.1. The van der Waals surface area contributed by atoms with Crippen LogP contribution in [-0.4, -0.2) is 23.8 Å². The number of nitrogen functional groups attached to an aromatic ring is 1. The van der Waals surface area contributed by atoms with Crippen LogP contribution in [0.3, 0.4) is 0 Å². The van der Waals surface area contributed by atoms with Crippen molar-refractivity contribution in [3.63, 3.8) is 0 Å². The summed E-state index contributed by atoms with van der Waals surface area (Å²) in [6.45, 7) is 4.22. The van der Waals surface area contributed by atoms with Gasteiger partial charge in [0.2, 0.25) is 5.13 Å². The zero-order valence-corrected chi connectivity index (χ0v) is 16.3. The second-order valence-electron chi connectivity index (χ2n) is 5.85. The molecule has 1 aromatic heterocycles. The molecular weight excluding hydrogens is 376 g/mol. The van der Waals surface area contributed by atoms with Crippen LogP contribution in [0.2, 0.25) is 0 Å². The summed E-state index contributed by atoms with van der Waals surface area (Å²) in [7, 11) is 0. The molecular formula is C20H20N4O3S. The molecule has 8 heteroatoms. The van der Waals surface area contributed by atoms with Crippen molar-refractivity contribution in [3.8, 4) is 11.5 Å². The maximum atomic E-state index is 12.4. The Bertz CT molecular complexity index is 1000. The lowest BCUT2D eigenvalue weighted by Crippen LogP contribution is -2.10. The number of carbonyl (C=O) groups excluding carboxylic acids is 1. The second-order valence-corrected chi connectivity index (χ2v) is 6.70. The maximum absolute atomic E-state index is 12.4. The van der Waals surface area contributed by atoms with Crippen molar-refractivity contribution < 1.29 is 14.3 Å². The highest BCUT2D eigenvalue weighted by atomic mass is 32.1. The zero-order valence-electron chi connectivity index (χ0n) is 15.5. The largest absolute Gasteiger partial charge is 0.490 e. The van der Waals surface area contributed by atoms with Crippen LogP contribution in [0.4, 0.5) is 10.9 Å². The fraction of sp³-hybridized carbons (Fsp3) is 0.150. The molecule has 0 saturated heterocycles. The standard InChI is InChI=1S/C20H20N4O3S/c1-3-26-17-10-14(11-22-24-20-23-18(21)12-28-20)7-8-16(17)27-19(25)15-6-4-5-13(2)9-15/h4-12H,3,21H2,1-2H3,(H,23,24). The normalized spacial score (nSPS) is 10.8. The van der Waals surface area contributed by atoms with E-state index in [1.54, 1.807) is 41.9 Å². The van der Waals surface area contributed by atoms with Crippen LogP contribution in [0.5, 0.6) is 11.5 Å². The summed E-state index contributed by atoms with van der Waals surface area (Å²) in [5.41, 5.74) is 10.6.